The van der Waals surface area contributed by atoms with Gasteiger partial charge in [0.2, 0.25) is 0 Å². The minimum Gasteiger partial charge on any atom is -0.492 e. The molecule has 1 fully saturated rings. The Hall–Kier alpha value is -3.93. The predicted octanol–water partition coefficient (Wildman–Crippen LogP) is 5.71. The number of para-hydroxylation sites is 2. The van der Waals surface area contributed by atoms with Crippen LogP contribution in [0, 0.1) is 12.7 Å². The van der Waals surface area contributed by atoms with E-state index in [4.69, 9.17) is 4.74 Å². The van der Waals surface area contributed by atoms with Crippen molar-refractivity contribution in [2.24, 2.45) is 0 Å². The molecule has 2 heterocycles. The van der Waals surface area contributed by atoms with Crippen LogP contribution in [0.5, 0.6) is 5.75 Å². The fourth-order valence-corrected chi connectivity index (χ4v) is 4.64. The molecule has 0 saturated carbocycles. The molecule has 0 N–H and O–H groups in total. The zero-order chi connectivity index (χ0) is 24.4. The molecule has 5 nitrogen and oxygen atoms in total. The van der Waals surface area contributed by atoms with E-state index < -0.39 is 0 Å². The van der Waals surface area contributed by atoms with Gasteiger partial charge >= 0.3 is 0 Å². The van der Waals surface area contributed by atoms with Gasteiger partial charge in [-0.1, -0.05) is 35.9 Å². The summed E-state index contributed by atoms with van der Waals surface area (Å²) in [4.78, 5) is 22.6. The highest BCUT2D eigenvalue weighted by atomic mass is 19.1. The minimum atomic E-state index is -0.355. The maximum Gasteiger partial charge on any atom is 0.254 e. The van der Waals surface area contributed by atoms with E-state index in [1.807, 2.05) is 55.1 Å². The number of fused-ring (bicyclic) bond motifs is 1. The molecule has 178 valence electrons. The molecule has 0 unspecified atom stereocenters. The quantitative estimate of drug-likeness (QED) is 0.376. The van der Waals surface area contributed by atoms with Gasteiger partial charge in [0.05, 0.1) is 29.1 Å². The number of piperazine rings is 1. The lowest BCUT2D eigenvalue weighted by molar-refractivity contribution is 0.0748. The van der Waals surface area contributed by atoms with Crippen molar-refractivity contribution in [1.82, 2.24) is 9.88 Å². The minimum absolute atomic E-state index is 0.0571. The number of anilines is 1. The fraction of sp³-hybridized carbons (Fsp3) is 0.241. The van der Waals surface area contributed by atoms with Gasteiger partial charge in [-0.2, -0.15) is 0 Å². The molecule has 0 bridgehead atoms. The van der Waals surface area contributed by atoms with E-state index in [-0.39, 0.29) is 11.7 Å². The second kappa shape index (κ2) is 9.74. The third kappa shape index (κ3) is 4.56. The number of halogens is 1. The Morgan fingerprint density at radius 2 is 1.71 bits per heavy atom. The third-order valence-corrected chi connectivity index (χ3v) is 6.42. The Balaban J connectivity index is 1.45. The molecule has 0 atom stereocenters. The summed E-state index contributed by atoms with van der Waals surface area (Å²) in [7, 11) is 0. The van der Waals surface area contributed by atoms with Gasteiger partial charge in [-0.25, -0.2) is 9.37 Å². The fourth-order valence-electron chi connectivity index (χ4n) is 4.64. The van der Waals surface area contributed by atoms with Gasteiger partial charge in [-0.3, -0.25) is 4.79 Å². The van der Waals surface area contributed by atoms with Crippen molar-refractivity contribution in [3.63, 3.8) is 0 Å². The molecule has 0 radical (unpaired) electrons. The van der Waals surface area contributed by atoms with E-state index in [9.17, 15) is 9.18 Å². The molecule has 0 spiro atoms. The summed E-state index contributed by atoms with van der Waals surface area (Å²) in [6.07, 6.45) is 0. The number of aromatic nitrogens is 1. The van der Waals surface area contributed by atoms with Gasteiger partial charge in [0.1, 0.15) is 11.6 Å². The summed E-state index contributed by atoms with van der Waals surface area (Å²) in [6.45, 7) is 7.16. The summed E-state index contributed by atoms with van der Waals surface area (Å²) in [5.41, 5.74) is 4.19. The SMILES string of the molecule is CCOc1ccccc1N1CCN(C(=O)c2cc(-c3ccccc3F)nc3ccc(C)cc23)CC1. The molecule has 1 saturated heterocycles. The maximum atomic E-state index is 14.6. The molecule has 6 heteroatoms. The van der Waals surface area contributed by atoms with E-state index in [0.29, 0.717) is 55.1 Å². The van der Waals surface area contributed by atoms with Crippen LogP contribution in [-0.4, -0.2) is 48.6 Å². The highest BCUT2D eigenvalue weighted by Gasteiger charge is 2.26. The van der Waals surface area contributed by atoms with Crippen LogP contribution >= 0.6 is 0 Å². The van der Waals surface area contributed by atoms with Gasteiger partial charge in [-0.15, -0.1) is 0 Å². The average Bonchev–Trinajstić information content (AvgIpc) is 2.89. The van der Waals surface area contributed by atoms with Gasteiger partial charge in [-0.05, 0) is 56.3 Å². The Labute approximate surface area is 204 Å². The average molecular weight is 470 g/mol. The van der Waals surface area contributed by atoms with E-state index in [1.165, 1.54) is 6.07 Å². The van der Waals surface area contributed by atoms with Crippen molar-refractivity contribution < 1.29 is 13.9 Å². The van der Waals surface area contributed by atoms with E-state index >= 15 is 0 Å². The van der Waals surface area contributed by atoms with E-state index in [0.717, 1.165) is 22.4 Å². The maximum absolute atomic E-state index is 14.6. The van der Waals surface area contributed by atoms with Crippen molar-refractivity contribution >= 4 is 22.5 Å². The largest absolute Gasteiger partial charge is 0.492 e. The zero-order valence-electron chi connectivity index (χ0n) is 20.0. The smallest absolute Gasteiger partial charge is 0.254 e. The molecule has 1 aromatic heterocycles. The second-order valence-corrected chi connectivity index (χ2v) is 8.74. The standard InChI is InChI=1S/C29H28FN3O2/c1-3-35-28-11-7-6-10-27(28)32-14-16-33(17-15-32)29(34)23-19-26(21-8-4-5-9-24(21)30)31-25-13-12-20(2)18-22(23)25/h4-13,18-19H,3,14-17H2,1-2H3. The number of amides is 1. The molecule has 1 aliphatic rings. The molecule has 4 aromatic rings. The molecule has 5 rings (SSSR count). The monoisotopic (exact) mass is 469 g/mol. The summed E-state index contributed by atoms with van der Waals surface area (Å²) < 4.78 is 20.4. The summed E-state index contributed by atoms with van der Waals surface area (Å²) >= 11 is 0. The number of pyridine rings is 1. The number of ether oxygens (including phenoxy) is 1. The van der Waals surface area contributed by atoms with Crippen LogP contribution in [0.25, 0.3) is 22.2 Å². The number of rotatable bonds is 5. The van der Waals surface area contributed by atoms with Crippen LogP contribution in [0.1, 0.15) is 22.8 Å². The number of hydrogen-bond donors (Lipinski definition) is 0. The second-order valence-electron chi connectivity index (χ2n) is 8.74. The lowest BCUT2D eigenvalue weighted by Gasteiger charge is -2.37. The van der Waals surface area contributed by atoms with Gasteiger partial charge in [0, 0.05) is 37.1 Å². The van der Waals surface area contributed by atoms with Crippen LogP contribution in [0.3, 0.4) is 0 Å². The van der Waals surface area contributed by atoms with E-state index in [2.05, 4.69) is 16.0 Å². The van der Waals surface area contributed by atoms with Crippen molar-refractivity contribution in [1.29, 1.82) is 0 Å². The van der Waals surface area contributed by atoms with Crippen molar-refractivity contribution in [2.45, 2.75) is 13.8 Å². The number of benzene rings is 3. The number of carbonyl (C=O) groups excluding carboxylic acids is 1. The van der Waals surface area contributed by atoms with Gasteiger partial charge in [0.15, 0.2) is 0 Å². The van der Waals surface area contributed by atoms with Gasteiger partial charge in [0.25, 0.3) is 5.91 Å². The Kier molecular flexibility index (Phi) is 6.36. The van der Waals surface area contributed by atoms with Crippen LogP contribution in [0.4, 0.5) is 10.1 Å². The first-order chi connectivity index (χ1) is 17.0. The molecule has 3 aromatic carbocycles. The van der Waals surface area contributed by atoms with Crippen LogP contribution in [-0.2, 0) is 0 Å². The number of carbonyl (C=O) groups is 1. The Morgan fingerprint density at radius 3 is 2.49 bits per heavy atom. The Bertz CT molecular complexity index is 1380. The van der Waals surface area contributed by atoms with Gasteiger partial charge < -0.3 is 14.5 Å². The molecule has 35 heavy (non-hydrogen) atoms. The summed E-state index contributed by atoms with van der Waals surface area (Å²) in [5.74, 6) is 0.449. The van der Waals surface area contributed by atoms with Crippen LogP contribution in [0.15, 0.2) is 72.8 Å². The molecular weight excluding hydrogens is 441 g/mol. The van der Waals surface area contributed by atoms with E-state index in [1.54, 1.807) is 24.3 Å². The van der Waals surface area contributed by atoms with Crippen molar-refractivity contribution in [3.05, 3.63) is 89.7 Å². The normalized spacial score (nSPS) is 13.8. The Morgan fingerprint density at radius 1 is 0.971 bits per heavy atom. The molecule has 1 aliphatic heterocycles. The molecule has 0 aliphatic carbocycles. The van der Waals surface area contributed by atoms with Crippen molar-refractivity contribution in [3.8, 4) is 17.0 Å². The first-order valence-electron chi connectivity index (χ1n) is 12.0. The van der Waals surface area contributed by atoms with Crippen LogP contribution < -0.4 is 9.64 Å². The topological polar surface area (TPSA) is 45.7 Å². The third-order valence-electron chi connectivity index (χ3n) is 6.42. The molecular formula is C29H28FN3O2. The number of aryl methyl sites for hydroxylation is 1. The number of hydrogen-bond acceptors (Lipinski definition) is 4. The zero-order valence-corrected chi connectivity index (χ0v) is 20.0. The van der Waals surface area contributed by atoms with Crippen molar-refractivity contribution in [2.75, 3.05) is 37.7 Å². The lowest BCUT2D eigenvalue weighted by atomic mass is 10.0. The summed E-state index contributed by atoms with van der Waals surface area (Å²) in [6, 6.07) is 22.1. The highest BCUT2D eigenvalue weighted by molar-refractivity contribution is 6.07. The highest BCUT2D eigenvalue weighted by Crippen LogP contribution is 2.31. The number of nitrogens with zero attached hydrogens (tertiary/aromatic N) is 3. The molecule has 1 amide bonds. The van der Waals surface area contributed by atoms with Crippen LogP contribution in [0.2, 0.25) is 0 Å². The summed E-state index contributed by atoms with van der Waals surface area (Å²) in [5, 5.41) is 0.791. The first kappa shape index (κ1) is 22.8. The first-order valence-corrected chi connectivity index (χ1v) is 12.0. The lowest BCUT2D eigenvalue weighted by Crippen LogP contribution is -2.49. The predicted molar refractivity (Wildman–Crippen MR) is 138 cm³/mol.